The van der Waals surface area contributed by atoms with Crippen molar-refractivity contribution in [1.82, 2.24) is 0 Å². The Morgan fingerprint density at radius 2 is 1.75 bits per heavy atom. The molecule has 2 aromatic carbocycles. The highest BCUT2D eigenvalue weighted by Gasteiger charge is 2.17. The van der Waals surface area contributed by atoms with Crippen LogP contribution in [0.1, 0.15) is 27.6 Å². The van der Waals surface area contributed by atoms with Crippen molar-refractivity contribution in [2.24, 2.45) is 0 Å². The second-order valence-electron chi connectivity index (χ2n) is 5.78. The van der Waals surface area contributed by atoms with Crippen LogP contribution in [0.3, 0.4) is 0 Å². The lowest BCUT2D eigenvalue weighted by molar-refractivity contribution is 0.0474. The number of rotatable bonds is 6. The third kappa shape index (κ3) is 4.79. The van der Waals surface area contributed by atoms with Crippen LogP contribution in [-0.2, 0) is 9.47 Å². The number of nitrogens with one attached hydrogen (secondary N) is 1. The van der Waals surface area contributed by atoms with E-state index in [2.05, 4.69) is 5.32 Å². The van der Waals surface area contributed by atoms with Crippen LogP contribution in [0.15, 0.2) is 42.5 Å². The summed E-state index contributed by atoms with van der Waals surface area (Å²) in [7, 11) is 0. The van der Waals surface area contributed by atoms with E-state index in [0.717, 1.165) is 0 Å². The topological polar surface area (TPSA) is 100 Å². The standard InChI is InChI=1S/C20H19NO7/c1-2-25-20(24)21-15-5-3-4-14(10-15)19(23)28-12-16(22)13-6-7-17-18(11-13)27-9-8-26-17/h3-7,10-11H,2,8-9,12H2,1H3,(H,21,24). The van der Waals surface area contributed by atoms with E-state index < -0.39 is 18.7 Å². The molecule has 1 aliphatic heterocycles. The first kappa shape index (κ1) is 19.2. The molecule has 0 atom stereocenters. The van der Waals surface area contributed by atoms with Gasteiger partial charge in [-0.05, 0) is 43.3 Å². The molecule has 1 aliphatic rings. The number of anilines is 1. The van der Waals surface area contributed by atoms with Crippen molar-refractivity contribution in [1.29, 1.82) is 0 Å². The van der Waals surface area contributed by atoms with Crippen LogP contribution in [0, 0.1) is 0 Å². The summed E-state index contributed by atoms with van der Waals surface area (Å²) in [5.41, 5.74) is 0.935. The Kier molecular flexibility index (Phi) is 6.11. The van der Waals surface area contributed by atoms with Gasteiger partial charge in [0, 0.05) is 11.3 Å². The first-order valence-corrected chi connectivity index (χ1v) is 8.70. The summed E-state index contributed by atoms with van der Waals surface area (Å²) in [4.78, 5) is 36.0. The number of carbonyl (C=O) groups excluding carboxylic acids is 3. The van der Waals surface area contributed by atoms with E-state index in [0.29, 0.717) is 36.0 Å². The SMILES string of the molecule is CCOC(=O)Nc1cccc(C(=O)OCC(=O)c2ccc3c(c2)OCCO3)c1. The normalized spacial score (nSPS) is 12.0. The zero-order chi connectivity index (χ0) is 19.9. The van der Waals surface area contributed by atoms with Gasteiger partial charge >= 0.3 is 12.1 Å². The Hall–Kier alpha value is -3.55. The third-order valence-electron chi connectivity index (χ3n) is 3.82. The molecule has 0 spiro atoms. The molecule has 0 bridgehead atoms. The van der Waals surface area contributed by atoms with Crippen molar-refractivity contribution in [2.75, 3.05) is 31.7 Å². The number of Topliss-reactive ketones (excluding diaryl/α,β-unsaturated/α-hetero) is 1. The van der Waals surface area contributed by atoms with Gasteiger partial charge in [-0.2, -0.15) is 0 Å². The first-order valence-electron chi connectivity index (χ1n) is 8.70. The molecule has 8 heteroatoms. The fourth-order valence-corrected chi connectivity index (χ4v) is 2.52. The highest BCUT2D eigenvalue weighted by Crippen LogP contribution is 2.30. The summed E-state index contributed by atoms with van der Waals surface area (Å²) in [6.07, 6.45) is -0.623. The van der Waals surface area contributed by atoms with E-state index in [1.807, 2.05) is 0 Å². The van der Waals surface area contributed by atoms with Gasteiger partial charge in [-0.1, -0.05) is 6.07 Å². The lowest BCUT2D eigenvalue weighted by Gasteiger charge is -2.18. The number of amides is 1. The molecule has 28 heavy (non-hydrogen) atoms. The molecule has 0 saturated carbocycles. The van der Waals surface area contributed by atoms with Gasteiger partial charge in [-0.25, -0.2) is 9.59 Å². The highest BCUT2D eigenvalue weighted by atomic mass is 16.6. The van der Waals surface area contributed by atoms with Crippen LogP contribution in [0.2, 0.25) is 0 Å². The van der Waals surface area contributed by atoms with Crippen LogP contribution in [0.25, 0.3) is 0 Å². The fraction of sp³-hybridized carbons (Fsp3) is 0.250. The number of ketones is 1. The molecule has 1 amide bonds. The second-order valence-corrected chi connectivity index (χ2v) is 5.78. The Morgan fingerprint density at radius 1 is 0.964 bits per heavy atom. The number of carbonyl (C=O) groups is 3. The van der Waals surface area contributed by atoms with E-state index in [-0.39, 0.29) is 18.0 Å². The van der Waals surface area contributed by atoms with Crippen molar-refractivity contribution in [2.45, 2.75) is 6.92 Å². The summed E-state index contributed by atoms with van der Waals surface area (Å²) in [5.74, 6) is 0.0106. The molecule has 0 aliphatic carbocycles. The summed E-state index contributed by atoms with van der Waals surface area (Å²) < 4.78 is 20.7. The average Bonchev–Trinajstić information content (AvgIpc) is 2.71. The van der Waals surface area contributed by atoms with Gasteiger partial charge in [-0.3, -0.25) is 10.1 Å². The lowest BCUT2D eigenvalue weighted by atomic mass is 10.1. The molecule has 0 unspecified atom stereocenters. The second kappa shape index (κ2) is 8.90. The average molecular weight is 385 g/mol. The van der Waals surface area contributed by atoms with Crippen LogP contribution < -0.4 is 14.8 Å². The fourth-order valence-electron chi connectivity index (χ4n) is 2.52. The smallest absolute Gasteiger partial charge is 0.411 e. The van der Waals surface area contributed by atoms with E-state index in [1.54, 1.807) is 37.3 Å². The van der Waals surface area contributed by atoms with Crippen molar-refractivity contribution < 1.29 is 33.3 Å². The zero-order valence-corrected chi connectivity index (χ0v) is 15.2. The number of hydrogen-bond acceptors (Lipinski definition) is 7. The molecule has 0 aromatic heterocycles. The summed E-state index contributed by atoms with van der Waals surface area (Å²) in [6.45, 7) is 2.37. The van der Waals surface area contributed by atoms with Crippen LogP contribution in [0.5, 0.6) is 11.5 Å². The minimum Gasteiger partial charge on any atom is -0.486 e. The maximum absolute atomic E-state index is 12.3. The number of ether oxygens (including phenoxy) is 4. The number of hydrogen-bond donors (Lipinski definition) is 1. The Bertz CT molecular complexity index is 894. The molecule has 1 heterocycles. The first-order chi connectivity index (χ1) is 13.6. The van der Waals surface area contributed by atoms with Gasteiger partial charge < -0.3 is 18.9 Å². The Labute approximate surface area is 161 Å². The largest absolute Gasteiger partial charge is 0.486 e. The number of benzene rings is 2. The predicted octanol–water partition coefficient (Wildman–Crippen LogP) is 3.07. The minimum atomic E-state index is -0.682. The van der Waals surface area contributed by atoms with Crippen LogP contribution in [-0.4, -0.2) is 44.3 Å². The van der Waals surface area contributed by atoms with Gasteiger partial charge in [-0.15, -0.1) is 0 Å². The molecule has 3 rings (SSSR count). The van der Waals surface area contributed by atoms with E-state index in [9.17, 15) is 14.4 Å². The van der Waals surface area contributed by atoms with Gasteiger partial charge in [0.2, 0.25) is 0 Å². The molecule has 146 valence electrons. The van der Waals surface area contributed by atoms with Crippen LogP contribution >= 0.6 is 0 Å². The van der Waals surface area contributed by atoms with Crippen molar-refractivity contribution >= 4 is 23.5 Å². The maximum atomic E-state index is 12.3. The molecule has 2 aromatic rings. The molecule has 0 fully saturated rings. The molecule has 0 saturated heterocycles. The minimum absolute atomic E-state index is 0.198. The third-order valence-corrected chi connectivity index (χ3v) is 3.82. The van der Waals surface area contributed by atoms with E-state index in [4.69, 9.17) is 18.9 Å². The summed E-state index contributed by atoms with van der Waals surface area (Å²) >= 11 is 0. The summed E-state index contributed by atoms with van der Waals surface area (Å²) in [5, 5.41) is 2.50. The number of esters is 1. The van der Waals surface area contributed by atoms with Gasteiger partial charge in [0.25, 0.3) is 0 Å². The molecular weight excluding hydrogens is 366 g/mol. The van der Waals surface area contributed by atoms with Crippen molar-refractivity contribution in [3.63, 3.8) is 0 Å². The zero-order valence-electron chi connectivity index (χ0n) is 15.2. The monoisotopic (exact) mass is 385 g/mol. The van der Waals surface area contributed by atoms with Crippen molar-refractivity contribution in [3.05, 3.63) is 53.6 Å². The Balaban J connectivity index is 1.59. The molecular formula is C20H19NO7. The van der Waals surface area contributed by atoms with E-state index >= 15 is 0 Å². The quantitative estimate of drug-likeness (QED) is 0.602. The van der Waals surface area contributed by atoms with Crippen LogP contribution in [0.4, 0.5) is 10.5 Å². The maximum Gasteiger partial charge on any atom is 0.411 e. The Morgan fingerprint density at radius 3 is 2.54 bits per heavy atom. The molecule has 0 radical (unpaired) electrons. The van der Waals surface area contributed by atoms with Crippen molar-refractivity contribution in [3.8, 4) is 11.5 Å². The number of fused-ring (bicyclic) bond motifs is 1. The van der Waals surface area contributed by atoms with Gasteiger partial charge in [0.05, 0.1) is 12.2 Å². The van der Waals surface area contributed by atoms with Gasteiger partial charge in [0.15, 0.2) is 23.9 Å². The summed E-state index contributed by atoms with van der Waals surface area (Å²) in [6, 6.07) is 11.0. The highest BCUT2D eigenvalue weighted by molar-refractivity contribution is 6.00. The predicted molar refractivity (Wildman–Crippen MR) is 99.1 cm³/mol. The lowest BCUT2D eigenvalue weighted by Crippen LogP contribution is -2.17. The molecule has 1 N–H and O–H groups in total. The molecule has 8 nitrogen and oxygen atoms in total. The van der Waals surface area contributed by atoms with Gasteiger partial charge in [0.1, 0.15) is 13.2 Å². The van der Waals surface area contributed by atoms with E-state index in [1.165, 1.54) is 12.1 Å².